The SMILES string of the molecule is C=Cc1ccc(OC(F)(F)c2ccc(COCCC)cc2)cc1. The molecule has 122 valence electrons. The van der Waals surface area contributed by atoms with E-state index in [9.17, 15) is 8.78 Å². The summed E-state index contributed by atoms with van der Waals surface area (Å²) in [5.74, 6) is 0.107. The Morgan fingerprint density at radius 1 is 1.04 bits per heavy atom. The van der Waals surface area contributed by atoms with Crippen LogP contribution in [0.4, 0.5) is 8.78 Å². The first-order chi connectivity index (χ1) is 11.0. The maximum Gasteiger partial charge on any atom is 0.426 e. The molecule has 0 amide bonds. The largest absolute Gasteiger partial charge is 0.429 e. The zero-order chi connectivity index (χ0) is 16.7. The summed E-state index contributed by atoms with van der Waals surface area (Å²) in [6.07, 6.45) is -0.825. The second kappa shape index (κ2) is 7.88. The van der Waals surface area contributed by atoms with Gasteiger partial charge in [-0.15, -0.1) is 0 Å². The van der Waals surface area contributed by atoms with E-state index in [0.717, 1.165) is 17.5 Å². The molecule has 0 aliphatic heterocycles. The Bertz CT molecular complexity index is 619. The van der Waals surface area contributed by atoms with Crippen LogP contribution in [0.2, 0.25) is 0 Å². The van der Waals surface area contributed by atoms with Crippen molar-refractivity contribution in [3.05, 3.63) is 71.8 Å². The third kappa shape index (κ3) is 4.89. The molecule has 0 aliphatic carbocycles. The number of ether oxygens (including phenoxy) is 2. The van der Waals surface area contributed by atoms with E-state index in [0.29, 0.717) is 13.2 Å². The summed E-state index contributed by atoms with van der Waals surface area (Å²) in [5.41, 5.74) is 1.51. The molecule has 0 heterocycles. The summed E-state index contributed by atoms with van der Waals surface area (Å²) in [4.78, 5) is 0. The topological polar surface area (TPSA) is 18.5 Å². The van der Waals surface area contributed by atoms with E-state index in [-0.39, 0.29) is 11.3 Å². The van der Waals surface area contributed by atoms with Crippen LogP contribution in [0.3, 0.4) is 0 Å². The van der Waals surface area contributed by atoms with Crippen LogP contribution in [-0.4, -0.2) is 6.61 Å². The summed E-state index contributed by atoms with van der Waals surface area (Å²) in [5, 5.41) is 0. The quantitative estimate of drug-likeness (QED) is 0.608. The minimum absolute atomic E-state index is 0.107. The lowest BCUT2D eigenvalue weighted by atomic mass is 10.1. The minimum Gasteiger partial charge on any atom is -0.429 e. The molecule has 2 nitrogen and oxygen atoms in total. The molecule has 2 aromatic carbocycles. The highest BCUT2D eigenvalue weighted by atomic mass is 19.3. The molecule has 0 bridgehead atoms. The van der Waals surface area contributed by atoms with Crippen molar-refractivity contribution in [3.8, 4) is 5.75 Å². The molecular weight excluding hydrogens is 298 g/mol. The molecule has 0 fully saturated rings. The molecule has 0 atom stereocenters. The molecule has 2 aromatic rings. The van der Waals surface area contributed by atoms with Crippen molar-refractivity contribution in [3.63, 3.8) is 0 Å². The first kappa shape index (κ1) is 17.2. The highest BCUT2D eigenvalue weighted by Gasteiger charge is 2.34. The van der Waals surface area contributed by atoms with E-state index < -0.39 is 6.11 Å². The van der Waals surface area contributed by atoms with Crippen LogP contribution in [-0.2, 0) is 17.5 Å². The van der Waals surface area contributed by atoms with E-state index in [1.807, 2.05) is 6.92 Å². The first-order valence-corrected chi connectivity index (χ1v) is 7.51. The summed E-state index contributed by atoms with van der Waals surface area (Å²) < 4.78 is 38.6. The summed E-state index contributed by atoms with van der Waals surface area (Å²) >= 11 is 0. The molecule has 0 aliphatic rings. The summed E-state index contributed by atoms with van der Waals surface area (Å²) in [6, 6.07) is 12.3. The van der Waals surface area contributed by atoms with Gasteiger partial charge in [-0.2, -0.15) is 8.78 Å². The van der Waals surface area contributed by atoms with Gasteiger partial charge in [0.25, 0.3) is 0 Å². The molecule has 0 radical (unpaired) electrons. The zero-order valence-electron chi connectivity index (χ0n) is 13.1. The van der Waals surface area contributed by atoms with Gasteiger partial charge in [-0.1, -0.05) is 43.8 Å². The van der Waals surface area contributed by atoms with Gasteiger partial charge in [-0.05, 0) is 41.8 Å². The number of hydrogen-bond acceptors (Lipinski definition) is 2. The van der Waals surface area contributed by atoms with E-state index in [2.05, 4.69) is 6.58 Å². The van der Waals surface area contributed by atoms with E-state index in [4.69, 9.17) is 9.47 Å². The van der Waals surface area contributed by atoms with Crippen LogP contribution in [0.25, 0.3) is 6.08 Å². The molecule has 0 saturated heterocycles. The van der Waals surface area contributed by atoms with Crippen molar-refractivity contribution < 1.29 is 18.3 Å². The Morgan fingerprint density at radius 2 is 1.70 bits per heavy atom. The van der Waals surface area contributed by atoms with Crippen molar-refractivity contribution >= 4 is 6.08 Å². The van der Waals surface area contributed by atoms with Crippen molar-refractivity contribution in [1.82, 2.24) is 0 Å². The number of rotatable bonds is 8. The number of benzene rings is 2. The van der Waals surface area contributed by atoms with Crippen LogP contribution in [0.15, 0.2) is 55.1 Å². The van der Waals surface area contributed by atoms with E-state index in [1.54, 1.807) is 30.3 Å². The molecule has 0 saturated carbocycles. The lowest BCUT2D eigenvalue weighted by Gasteiger charge is -2.18. The molecule has 0 aromatic heterocycles. The van der Waals surface area contributed by atoms with Gasteiger partial charge < -0.3 is 9.47 Å². The standard InChI is InChI=1S/C19H20F2O2/c1-3-13-22-14-16-5-9-17(10-6-16)19(20,21)23-18-11-7-15(4-2)8-12-18/h4-12H,2-3,13-14H2,1H3. The Morgan fingerprint density at radius 3 is 2.26 bits per heavy atom. The number of alkyl halides is 2. The van der Waals surface area contributed by atoms with E-state index in [1.165, 1.54) is 24.3 Å². The minimum atomic E-state index is -3.39. The van der Waals surface area contributed by atoms with Crippen LogP contribution in [0.5, 0.6) is 5.75 Å². The third-order valence-electron chi connectivity index (χ3n) is 3.27. The van der Waals surface area contributed by atoms with Crippen molar-refractivity contribution in [2.24, 2.45) is 0 Å². The lowest BCUT2D eigenvalue weighted by Crippen LogP contribution is -2.21. The molecule has 23 heavy (non-hydrogen) atoms. The zero-order valence-corrected chi connectivity index (χ0v) is 13.1. The Hall–Kier alpha value is -2.20. The van der Waals surface area contributed by atoms with Crippen LogP contribution >= 0.6 is 0 Å². The van der Waals surface area contributed by atoms with Gasteiger partial charge >= 0.3 is 6.11 Å². The molecule has 0 unspecified atom stereocenters. The Kier molecular flexibility index (Phi) is 5.88. The number of halogens is 2. The number of hydrogen-bond donors (Lipinski definition) is 0. The average molecular weight is 318 g/mol. The molecule has 4 heteroatoms. The van der Waals surface area contributed by atoms with Crippen LogP contribution in [0.1, 0.15) is 30.0 Å². The van der Waals surface area contributed by atoms with Gasteiger partial charge in [0, 0.05) is 6.61 Å². The second-order valence-corrected chi connectivity index (χ2v) is 5.14. The smallest absolute Gasteiger partial charge is 0.426 e. The predicted octanol–water partition coefficient (Wildman–Crippen LogP) is 5.38. The van der Waals surface area contributed by atoms with Crippen molar-refractivity contribution in [1.29, 1.82) is 0 Å². The fourth-order valence-corrected chi connectivity index (χ4v) is 2.01. The van der Waals surface area contributed by atoms with Crippen LogP contribution in [0, 0.1) is 0 Å². The van der Waals surface area contributed by atoms with Gasteiger partial charge in [-0.25, -0.2) is 0 Å². The average Bonchev–Trinajstić information content (AvgIpc) is 2.56. The fraction of sp³-hybridized carbons (Fsp3) is 0.263. The monoisotopic (exact) mass is 318 g/mol. The molecular formula is C19H20F2O2. The van der Waals surface area contributed by atoms with E-state index >= 15 is 0 Å². The predicted molar refractivity (Wildman–Crippen MR) is 87.4 cm³/mol. The third-order valence-corrected chi connectivity index (χ3v) is 3.27. The maximum atomic E-state index is 14.2. The van der Waals surface area contributed by atoms with Crippen molar-refractivity contribution in [2.45, 2.75) is 26.1 Å². The first-order valence-electron chi connectivity index (χ1n) is 7.51. The lowest BCUT2D eigenvalue weighted by molar-refractivity contribution is -0.185. The van der Waals surface area contributed by atoms with Gasteiger partial charge in [0.1, 0.15) is 5.75 Å². The molecule has 0 N–H and O–H groups in total. The second-order valence-electron chi connectivity index (χ2n) is 5.14. The summed E-state index contributed by atoms with van der Waals surface area (Å²) in [6.45, 7) is 6.71. The highest BCUT2D eigenvalue weighted by Crippen LogP contribution is 2.31. The van der Waals surface area contributed by atoms with Gasteiger partial charge in [-0.3, -0.25) is 0 Å². The fourth-order valence-electron chi connectivity index (χ4n) is 2.01. The highest BCUT2D eigenvalue weighted by molar-refractivity contribution is 5.48. The molecule has 2 rings (SSSR count). The molecule has 0 spiro atoms. The van der Waals surface area contributed by atoms with Gasteiger partial charge in [0.05, 0.1) is 12.2 Å². The normalized spacial score (nSPS) is 11.3. The Labute approximate surface area is 135 Å². The van der Waals surface area contributed by atoms with Crippen LogP contribution < -0.4 is 4.74 Å². The maximum absolute atomic E-state index is 14.2. The van der Waals surface area contributed by atoms with Gasteiger partial charge in [0.2, 0.25) is 0 Å². The van der Waals surface area contributed by atoms with Gasteiger partial charge in [0.15, 0.2) is 0 Å². The van der Waals surface area contributed by atoms with Crippen molar-refractivity contribution in [2.75, 3.05) is 6.61 Å². The Balaban J connectivity index is 2.04. The summed E-state index contributed by atoms with van der Waals surface area (Å²) in [7, 11) is 0.